The third-order valence-corrected chi connectivity index (χ3v) is 5.64. The molecule has 1 fully saturated rings. The minimum absolute atomic E-state index is 0.162. The van der Waals surface area contributed by atoms with Crippen LogP contribution in [0.3, 0.4) is 0 Å². The number of nitrogens with zero attached hydrogens (tertiary/aromatic N) is 3. The molecule has 226 valence electrons. The number of guanidine groups is 1. The van der Waals surface area contributed by atoms with Crippen LogP contribution in [-0.4, -0.2) is 85.1 Å². The Hall–Kier alpha value is -4.01. The van der Waals surface area contributed by atoms with E-state index in [4.69, 9.17) is 14.6 Å². The molecule has 3 N–H and O–H groups in total. The van der Waals surface area contributed by atoms with Gasteiger partial charge in [-0.15, -0.1) is 0 Å². The zero-order chi connectivity index (χ0) is 30.6. The van der Waals surface area contributed by atoms with E-state index in [2.05, 4.69) is 10.3 Å². The number of rotatable bonds is 8. The van der Waals surface area contributed by atoms with Crippen LogP contribution in [0.1, 0.15) is 29.3 Å². The number of halogens is 6. The lowest BCUT2D eigenvalue weighted by Gasteiger charge is -2.38. The summed E-state index contributed by atoms with van der Waals surface area (Å²) in [6.45, 7) is 5.81. The summed E-state index contributed by atoms with van der Waals surface area (Å²) >= 11 is 0. The molecule has 3 rings (SSSR count). The van der Waals surface area contributed by atoms with Gasteiger partial charge in [-0.1, -0.05) is 12.1 Å². The minimum atomic E-state index is -5.08. The lowest BCUT2D eigenvalue weighted by atomic mass is 10.1. The molecule has 2 aromatic rings. The summed E-state index contributed by atoms with van der Waals surface area (Å²) in [5.41, 5.74) is 0.634. The maximum Gasteiger partial charge on any atom is 0.490 e. The number of ether oxygens (including phenoxy) is 1. The van der Waals surface area contributed by atoms with E-state index in [-0.39, 0.29) is 5.56 Å². The molecule has 15 heteroatoms. The van der Waals surface area contributed by atoms with Crippen molar-refractivity contribution in [3.8, 4) is 0 Å². The van der Waals surface area contributed by atoms with Gasteiger partial charge in [0.15, 0.2) is 5.96 Å². The number of hydrogen-bond donors (Lipinski definition) is 3. The molecule has 1 aliphatic rings. The Morgan fingerprint density at radius 1 is 0.976 bits per heavy atom. The first-order chi connectivity index (χ1) is 19.2. The summed E-state index contributed by atoms with van der Waals surface area (Å²) in [5.74, 6) is -3.18. The first-order valence-corrected chi connectivity index (χ1v) is 12.4. The molecule has 41 heavy (non-hydrogen) atoms. The molecule has 1 heterocycles. The highest BCUT2D eigenvalue weighted by molar-refractivity contribution is 5.96. The Bertz CT molecular complexity index is 1180. The molecule has 0 radical (unpaired) electrons. The molecule has 0 atom stereocenters. The van der Waals surface area contributed by atoms with Crippen molar-refractivity contribution in [3.63, 3.8) is 0 Å². The monoisotopic (exact) mass is 592 g/mol. The summed E-state index contributed by atoms with van der Waals surface area (Å²) in [4.78, 5) is 28.8. The molecule has 1 aliphatic heterocycles. The number of carboxylic acids is 2. The van der Waals surface area contributed by atoms with Crippen LogP contribution in [0.25, 0.3) is 0 Å². The molecular weight excluding hydrogens is 562 g/mol. The average Bonchev–Trinajstić information content (AvgIpc) is 2.92. The quantitative estimate of drug-likeness (QED) is 0.169. The molecule has 9 nitrogen and oxygen atoms in total. The predicted octanol–water partition coefficient (Wildman–Crippen LogP) is 5.05. The van der Waals surface area contributed by atoms with Gasteiger partial charge in [0.2, 0.25) is 0 Å². The molecule has 2 aromatic carbocycles. The van der Waals surface area contributed by atoms with Gasteiger partial charge in [-0.05, 0) is 49.7 Å². The fraction of sp³-hybridized carbons (Fsp3) is 0.423. The fourth-order valence-electron chi connectivity index (χ4n) is 3.63. The number of carboxylic acid groups (broad SMARTS) is 2. The van der Waals surface area contributed by atoms with Crippen LogP contribution in [0.2, 0.25) is 0 Å². The van der Waals surface area contributed by atoms with Gasteiger partial charge in [0.1, 0.15) is 0 Å². The highest BCUT2D eigenvalue weighted by Gasteiger charge is 2.38. The number of aliphatic carboxylic acids is 1. The Kier molecular flexibility index (Phi) is 12.2. The van der Waals surface area contributed by atoms with Gasteiger partial charge in [-0.2, -0.15) is 26.3 Å². The van der Waals surface area contributed by atoms with Crippen molar-refractivity contribution in [2.45, 2.75) is 25.7 Å². The Labute approximate surface area is 232 Å². The van der Waals surface area contributed by atoms with Gasteiger partial charge in [0.25, 0.3) is 0 Å². The highest BCUT2D eigenvalue weighted by Crippen LogP contribution is 2.32. The predicted molar refractivity (Wildman–Crippen MR) is 139 cm³/mol. The van der Waals surface area contributed by atoms with Crippen molar-refractivity contribution in [3.05, 3.63) is 59.7 Å². The van der Waals surface area contributed by atoms with E-state index in [9.17, 15) is 36.2 Å². The number of benzene rings is 2. The van der Waals surface area contributed by atoms with E-state index in [1.165, 1.54) is 24.3 Å². The van der Waals surface area contributed by atoms with Gasteiger partial charge in [-0.25, -0.2) is 9.59 Å². The average molecular weight is 593 g/mol. The number of hydrogen-bond acceptors (Lipinski definition) is 5. The molecule has 0 saturated carbocycles. The number of alkyl halides is 6. The molecular formula is C26H30F6N4O5. The highest BCUT2D eigenvalue weighted by atomic mass is 19.4. The third kappa shape index (κ3) is 11.2. The molecule has 0 unspecified atom stereocenters. The summed E-state index contributed by atoms with van der Waals surface area (Å²) < 4.78 is 76.4. The smallest absolute Gasteiger partial charge is 0.478 e. The SMILES string of the molecule is CCOCCCN=C(Nc1cccc(C(=O)O)c1)N1CCN(c2cccc(C(F)(F)F)c2)CC1.O=C(O)C(F)(F)F. The number of aliphatic imine (C=N–C) groups is 1. The van der Waals surface area contributed by atoms with Crippen LogP contribution in [0.5, 0.6) is 0 Å². The topological polar surface area (TPSA) is 115 Å². The van der Waals surface area contributed by atoms with Crippen LogP contribution in [-0.2, 0) is 15.7 Å². The summed E-state index contributed by atoms with van der Waals surface area (Å²) in [6, 6.07) is 11.8. The van der Waals surface area contributed by atoms with Crippen LogP contribution < -0.4 is 10.2 Å². The Morgan fingerprint density at radius 3 is 2.17 bits per heavy atom. The van der Waals surface area contributed by atoms with Crippen molar-refractivity contribution in [1.82, 2.24) is 4.90 Å². The van der Waals surface area contributed by atoms with Crippen LogP contribution in [0.4, 0.5) is 37.7 Å². The number of anilines is 2. The minimum Gasteiger partial charge on any atom is -0.478 e. The molecule has 0 bridgehead atoms. The van der Waals surface area contributed by atoms with Crippen molar-refractivity contribution in [1.29, 1.82) is 0 Å². The van der Waals surface area contributed by atoms with Crippen LogP contribution >= 0.6 is 0 Å². The number of piperazine rings is 1. The number of aromatic carboxylic acids is 1. The van der Waals surface area contributed by atoms with E-state index in [0.717, 1.165) is 12.5 Å². The van der Waals surface area contributed by atoms with Crippen molar-refractivity contribution < 1.29 is 50.9 Å². The third-order valence-electron chi connectivity index (χ3n) is 5.64. The van der Waals surface area contributed by atoms with E-state index < -0.39 is 29.9 Å². The van der Waals surface area contributed by atoms with Crippen LogP contribution in [0, 0.1) is 0 Å². The van der Waals surface area contributed by atoms with Crippen LogP contribution in [0.15, 0.2) is 53.5 Å². The second-order valence-electron chi connectivity index (χ2n) is 8.59. The van der Waals surface area contributed by atoms with Gasteiger partial charge in [-0.3, -0.25) is 4.99 Å². The normalized spacial score (nSPS) is 14.3. The molecule has 0 aromatic heterocycles. The Balaban J connectivity index is 0.000000745. The number of nitrogens with one attached hydrogen (secondary N) is 1. The molecule has 0 aliphatic carbocycles. The largest absolute Gasteiger partial charge is 0.490 e. The fourth-order valence-corrected chi connectivity index (χ4v) is 3.63. The Morgan fingerprint density at radius 2 is 1.61 bits per heavy atom. The summed E-state index contributed by atoms with van der Waals surface area (Å²) in [6.07, 6.45) is -8.73. The van der Waals surface area contributed by atoms with Crippen molar-refractivity contribution in [2.75, 3.05) is 56.2 Å². The van der Waals surface area contributed by atoms with Gasteiger partial charge in [0.05, 0.1) is 11.1 Å². The van der Waals surface area contributed by atoms with Crippen molar-refractivity contribution >= 4 is 29.3 Å². The zero-order valence-electron chi connectivity index (χ0n) is 22.0. The lowest BCUT2D eigenvalue weighted by Crippen LogP contribution is -2.50. The maximum atomic E-state index is 13.1. The second-order valence-corrected chi connectivity index (χ2v) is 8.59. The van der Waals surface area contributed by atoms with E-state index in [1.54, 1.807) is 18.2 Å². The molecule has 0 amide bonds. The maximum absolute atomic E-state index is 13.1. The standard InChI is InChI=1S/C24H29F3N4O3.C2HF3O2/c1-2-34-15-5-10-28-23(29-20-8-3-6-18(16-20)22(32)33)31-13-11-30(12-14-31)21-9-4-7-19(17-21)24(25,26)27;3-2(4,5)1(6)7/h3-4,6-9,16-17H,2,5,10-15H2,1H3,(H,28,29)(H,32,33);(H,6,7). The van der Waals surface area contributed by atoms with Crippen molar-refractivity contribution in [2.24, 2.45) is 4.99 Å². The summed E-state index contributed by atoms with van der Waals surface area (Å²) in [7, 11) is 0. The molecule has 1 saturated heterocycles. The molecule has 0 spiro atoms. The first-order valence-electron chi connectivity index (χ1n) is 12.4. The van der Waals surface area contributed by atoms with Gasteiger partial charge in [0, 0.05) is 57.3 Å². The van der Waals surface area contributed by atoms with Gasteiger partial charge < -0.3 is 30.1 Å². The van der Waals surface area contributed by atoms with E-state index >= 15 is 0 Å². The first kappa shape index (κ1) is 33.2. The van der Waals surface area contributed by atoms with Gasteiger partial charge >= 0.3 is 24.3 Å². The van der Waals surface area contributed by atoms with E-state index in [1.807, 2.05) is 16.7 Å². The number of carbonyl (C=O) groups is 2. The second kappa shape index (κ2) is 15.1. The lowest BCUT2D eigenvalue weighted by molar-refractivity contribution is -0.192. The summed E-state index contributed by atoms with van der Waals surface area (Å²) in [5, 5.41) is 19.6. The van der Waals surface area contributed by atoms with E-state index in [0.29, 0.717) is 63.3 Å². The zero-order valence-corrected chi connectivity index (χ0v) is 22.0.